The van der Waals surface area contributed by atoms with Crippen molar-refractivity contribution >= 4 is 28.3 Å². The van der Waals surface area contributed by atoms with Crippen LogP contribution >= 0.6 is 0 Å². The Morgan fingerprint density at radius 1 is 0.971 bits per heavy atom. The summed E-state index contributed by atoms with van der Waals surface area (Å²) in [5, 5.41) is 3.26. The molecule has 1 amide bonds. The highest BCUT2D eigenvalue weighted by atomic mass is 16.5. The Hall–Kier alpha value is -4.19. The lowest BCUT2D eigenvalue weighted by atomic mass is 10.00. The minimum absolute atomic E-state index is 0.0413. The predicted molar refractivity (Wildman–Crippen MR) is 134 cm³/mol. The van der Waals surface area contributed by atoms with Crippen LogP contribution in [0.15, 0.2) is 77.7 Å². The lowest BCUT2D eigenvalue weighted by Crippen LogP contribution is -2.24. The lowest BCUT2D eigenvalue weighted by Gasteiger charge is -2.14. The van der Waals surface area contributed by atoms with E-state index in [2.05, 4.69) is 5.32 Å². The molecule has 0 bridgehead atoms. The molecule has 4 rings (SSSR count). The molecule has 0 aliphatic heterocycles. The number of anilines is 1. The summed E-state index contributed by atoms with van der Waals surface area (Å²) >= 11 is 0. The van der Waals surface area contributed by atoms with Crippen molar-refractivity contribution in [3.05, 3.63) is 105 Å². The molecule has 0 saturated carbocycles. The molecule has 0 unspecified atom stereocenters. The van der Waals surface area contributed by atoms with Gasteiger partial charge in [0.1, 0.15) is 12.3 Å². The van der Waals surface area contributed by atoms with Gasteiger partial charge in [-0.3, -0.25) is 14.4 Å². The summed E-state index contributed by atoms with van der Waals surface area (Å²) in [5.74, 6) is 0.0525. The lowest BCUT2D eigenvalue weighted by molar-refractivity contribution is -0.116. The van der Waals surface area contributed by atoms with Crippen molar-refractivity contribution in [2.45, 2.75) is 26.8 Å². The molecule has 6 nitrogen and oxygen atoms in total. The summed E-state index contributed by atoms with van der Waals surface area (Å²) in [6.45, 7) is 3.87. The Kier molecular flexibility index (Phi) is 6.59. The molecule has 0 saturated heterocycles. The summed E-state index contributed by atoms with van der Waals surface area (Å²) in [6, 6.07) is 19.7. The van der Waals surface area contributed by atoms with Crippen LogP contribution in [0.4, 0.5) is 5.69 Å². The number of fused-ring (bicyclic) bond motifs is 1. The smallest absolute Gasteiger partial charge is 0.244 e. The second-order valence-electron chi connectivity index (χ2n) is 8.18. The number of ketones is 1. The summed E-state index contributed by atoms with van der Waals surface area (Å²) in [5.41, 5.74) is 3.37. The van der Waals surface area contributed by atoms with Gasteiger partial charge in [0.2, 0.25) is 11.3 Å². The Morgan fingerprint density at radius 2 is 1.68 bits per heavy atom. The van der Waals surface area contributed by atoms with Crippen LogP contribution in [0.2, 0.25) is 0 Å². The highest BCUT2D eigenvalue weighted by Crippen LogP contribution is 2.18. The van der Waals surface area contributed by atoms with E-state index in [9.17, 15) is 14.4 Å². The van der Waals surface area contributed by atoms with E-state index in [4.69, 9.17) is 4.74 Å². The maximum atomic E-state index is 13.3. The molecule has 1 aromatic heterocycles. The second-order valence-corrected chi connectivity index (χ2v) is 8.18. The maximum absolute atomic E-state index is 13.3. The number of amides is 1. The molecule has 1 heterocycles. The van der Waals surface area contributed by atoms with Gasteiger partial charge in [-0.2, -0.15) is 0 Å². The fraction of sp³-hybridized carbons (Fsp3) is 0.179. The van der Waals surface area contributed by atoms with Gasteiger partial charge in [-0.15, -0.1) is 0 Å². The molecule has 0 spiro atoms. The van der Waals surface area contributed by atoms with Gasteiger partial charge in [0.05, 0.1) is 18.2 Å². The van der Waals surface area contributed by atoms with Gasteiger partial charge >= 0.3 is 0 Å². The van der Waals surface area contributed by atoms with Gasteiger partial charge in [-0.1, -0.05) is 42.8 Å². The molecule has 0 atom stereocenters. The third-order valence-corrected chi connectivity index (χ3v) is 5.79. The number of hydrogen-bond acceptors (Lipinski definition) is 4. The molecule has 34 heavy (non-hydrogen) atoms. The standard InChI is InChI=1S/C28H26N2O4/c1-4-19-6-8-20(9-7-19)27(32)24-16-30(25-14-5-18(2)15-23(25)28(24)33)17-26(31)29-21-10-12-22(34-3)13-11-21/h5-16H,4,17H2,1-3H3,(H,29,31). The van der Waals surface area contributed by atoms with Crippen molar-refractivity contribution in [2.24, 2.45) is 0 Å². The van der Waals surface area contributed by atoms with Crippen molar-refractivity contribution < 1.29 is 14.3 Å². The van der Waals surface area contributed by atoms with Crippen LogP contribution in [0.1, 0.15) is 34.0 Å². The number of pyridine rings is 1. The first kappa shape index (κ1) is 23.0. The Labute approximate surface area is 197 Å². The largest absolute Gasteiger partial charge is 0.497 e. The molecule has 0 aliphatic rings. The topological polar surface area (TPSA) is 77.4 Å². The van der Waals surface area contributed by atoms with Crippen LogP contribution in [0.5, 0.6) is 5.75 Å². The molecule has 172 valence electrons. The zero-order chi connectivity index (χ0) is 24.2. The van der Waals surface area contributed by atoms with Crippen LogP contribution in [0, 0.1) is 6.92 Å². The number of carbonyl (C=O) groups excluding carboxylic acids is 2. The molecule has 4 aromatic rings. The molecular formula is C28H26N2O4. The average Bonchev–Trinajstić information content (AvgIpc) is 2.85. The predicted octanol–water partition coefficient (Wildman–Crippen LogP) is 4.75. The highest BCUT2D eigenvalue weighted by molar-refractivity contribution is 6.10. The quantitative estimate of drug-likeness (QED) is 0.409. The first-order chi connectivity index (χ1) is 16.4. The van der Waals surface area contributed by atoms with E-state index in [0.29, 0.717) is 27.9 Å². The van der Waals surface area contributed by atoms with E-state index < -0.39 is 0 Å². The summed E-state index contributed by atoms with van der Waals surface area (Å²) in [7, 11) is 1.58. The van der Waals surface area contributed by atoms with E-state index >= 15 is 0 Å². The van der Waals surface area contributed by atoms with Gasteiger partial charge in [0, 0.05) is 22.8 Å². The van der Waals surface area contributed by atoms with Crippen LogP contribution in [-0.4, -0.2) is 23.4 Å². The normalized spacial score (nSPS) is 10.8. The monoisotopic (exact) mass is 454 g/mol. The minimum atomic E-state index is -0.361. The second kappa shape index (κ2) is 9.75. The van der Waals surface area contributed by atoms with Crippen molar-refractivity contribution in [3.8, 4) is 5.75 Å². The summed E-state index contributed by atoms with van der Waals surface area (Å²) in [4.78, 5) is 39.3. The van der Waals surface area contributed by atoms with E-state index in [1.54, 1.807) is 60.2 Å². The van der Waals surface area contributed by atoms with Crippen molar-refractivity contribution in [2.75, 3.05) is 12.4 Å². The average molecular weight is 455 g/mol. The fourth-order valence-corrected chi connectivity index (χ4v) is 3.88. The van der Waals surface area contributed by atoms with E-state index in [1.165, 1.54) is 6.20 Å². The van der Waals surface area contributed by atoms with Crippen molar-refractivity contribution in [1.82, 2.24) is 4.57 Å². The number of benzene rings is 3. The number of nitrogens with one attached hydrogen (secondary N) is 1. The Balaban J connectivity index is 1.71. The van der Waals surface area contributed by atoms with Crippen LogP contribution in [0.25, 0.3) is 10.9 Å². The number of ether oxygens (including phenoxy) is 1. The summed E-state index contributed by atoms with van der Waals surface area (Å²) < 4.78 is 6.80. The molecule has 0 aliphatic carbocycles. The van der Waals surface area contributed by atoms with Crippen molar-refractivity contribution in [1.29, 1.82) is 0 Å². The van der Waals surface area contributed by atoms with Crippen LogP contribution in [-0.2, 0) is 17.8 Å². The molecule has 0 fully saturated rings. The van der Waals surface area contributed by atoms with Gasteiger partial charge in [0.25, 0.3) is 0 Å². The van der Waals surface area contributed by atoms with Crippen molar-refractivity contribution in [3.63, 3.8) is 0 Å². The number of hydrogen-bond donors (Lipinski definition) is 1. The molecular weight excluding hydrogens is 428 g/mol. The fourth-order valence-electron chi connectivity index (χ4n) is 3.88. The summed E-state index contributed by atoms with van der Waals surface area (Å²) in [6.07, 6.45) is 2.35. The molecule has 1 N–H and O–H groups in total. The number of carbonyl (C=O) groups is 2. The first-order valence-corrected chi connectivity index (χ1v) is 11.1. The Bertz CT molecular complexity index is 1420. The molecule has 0 radical (unpaired) electrons. The molecule has 3 aromatic carbocycles. The van der Waals surface area contributed by atoms with Gasteiger partial charge in [-0.25, -0.2) is 0 Å². The van der Waals surface area contributed by atoms with Crippen LogP contribution < -0.4 is 15.5 Å². The minimum Gasteiger partial charge on any atom is -0.497 e. The maximum Gasteiger partial charge on any atom is 0.244 e. The first-order valence-electron chi connectivity index (χ1n) is 11.1. The molecule has 6 heteroatoms. The highest BCUT2D eigenvalue weighted by Gasteiger charge is 2.18. The number of rotatable bonds is 7. The van der Waals surface area contributed by atoms with E-state index in [-0.39, 0.29) is 29.2 Å². The number of methoxy groups -OCH3 is 1. The van der Waals surface area contributed by atoms with Crippen LogP contribution in [0.3, 0.4) is 0 Å². The SMILES string of the molecule is CCc1ccc(C(=O)c2cn(CC(=O)Nc3ccc(OC)cc3)c3ccc(C)cc3c2=O)cc1. The van der Waals surface area contributed by atoms with Gasteiger partial charge in [0.15, 0.2) is 5.78 Å². The third kappa shape index (κ3) is 4.76. The zero-order valence-electron chi connectivity index (χ0n) is 19.4. The number of aryl methyl sites for hydroxylation is 2. The number of nitrogens with zero attached hydrogens (tertiary/aromatic N) is 1. The van der Waals surface area contributed by atoms with Gasteiger partial charge < -0.3 is 14.6 Å². The van der Waals surface area contributed by atoms with Gasteiger partial charge in [-0.05, 0) is 55.3 Å². The number of aromatic nitrogens is 1. The van der Waals surface area contributed by atoms with E-state index in [1.807, 2.05) is 32.0 Å². The third-order valence-electron chi connectivity index (χ3n) is 5.79. The Morgan fingerprint density at radius 3 is 2.32 bits per heavy atom. The zero-order valence-corrected chi connectivity index (χ0v) is 19.4. The van der Waals surface area contributed by atoms with E-state index in [0.717, 1.165) is 17.5 Å².